The molecule has 0 unspecified atom stereocenters. The van der Waals surface area contributed by atoms with Crippen LogP contribution in [0.2, 0.25) is 5.02 Å². The van der Waals surface area contributed by atoms with Gasteiger partial charge in [0.1, 0.15) is 24.0 Å². The fraction of sp³-hybridized carbons (Fsp3) is 0.289. The molecule has 8 nitrogen and oxygen atoms in total. The quantitative estimate of drug-likeness (QED) is 0.173. The number of piperidine rings is 1. The number of aromatic carboxylic acids is 1. The molecule has 4 aromatic carbocycles. The number of ether oxygens (including phenoxy) is 1. The number of fused-ring (bicyclic) bond motifs is 1. The molecule has 1 saturated carbocycles. The van der Waals surface area contributed by atoms with Gasteiger partial charge in [-0.15, -0.1) is 0 Å². The topological polar surface area (TPSA) is 105 Å². The first-order valence-corrected chi connectivity index (χ1v) is 16.7. The Morgan fingerprint density at radius 1 is 0.875 bits per heavy atom. The zero-order valence-electron chi connectivity index (χ0n) is 26.2. The van der Waals surface area contributed by atoms with Crippen molar-refractivity contribution in [1.29, 1.82) is 0 Å². The summed E-state index contributed by atoms with van der Waals surface area (Å²) in [4.78, 5) is 31.5. The van der Waals surface area contributed by atoms with Gasteiger partial charge in [0.05, 0.1) is 28.3 Å². The van der Waals surface area contributed by atoms with E-state index in [2.05, 4.69) is 4.57 Å². The maximum absolute atomic E-state index is 15.9. The van der Waals surface area contributed by atoms with Crippen molar-refractivity contribution in [2.75, 3.05) is 13.1 Å². The maximum atomic E-state index is 15.9. The van der Waals surface area contributed by atoms with Gasteiger partial charge in [-0.05, 0) is 97.0 Å². The van der Waals surface area contributed by atoms with E-state index in [0.717, 1.165) is 47.9 Å². The molecule has 1 aliphatic heterocycles. The molecule has 0 atom stereocenters. The SMILES string of the molecule is O=C(O)c1ccc2c(c1)nc(-c1ccc(OCc3cc(C(=O)N4CCC(O)CC4)ccc3-c3ccc(Cl)cc3)cc1F)n2C1CCCC1. The van der Waals surface area contributed by atoms with Crippen LogP contribution < -0.4 is 4.74 Å². The molecule has 10 heteroatoms. The minimum Gasteiger partial charge on any atom is -0.489 e. The van der Waals surface area contributed by atoms with Crippen LogP contribution in [0.5, 0.6) is 5.75 Å². The Kier molecular flexibility index (Phi) is 8.90. The fourth-order valence-electron chi connectivity index (χ4n) is 6.89. The minimum atomic E-state index is -1.04. The highest BCUT2D eigenvalue weighted by molar-refractivity contribution is 6.30. The minimum absolute atomic E-state index is 0.0785. The number of benzene rings is 4. The molecule has 48 heavy (non-hydrogen) atoms. The normalized spacial score (nSPS) is 15.7. The molecule has 0 spiro atoms. The highest BCUT2D eigenvalue weighted by Crippen LogP contribution is 2.38. The first-order valence-electron chi connectivity index (χ1n) is 16.3. The lowest BCUT2D eigenvalue weighted by Gasteiger charge is -2.29. The van der Waals surface area contributed by atoms with Gasteiger partial charge in [0, 0.05) is 35.8 Å². The summed E-state index contributed by atoms with van der Waals surface area (Å²) in [5.74, 6) is -0.875. The van der Waals surface area contributed by atoms with Gasteiger partial charge in [-0.2, -0.15) is 0 Å². The number of amides is 1. The number of nitrogens with zero attached hydrogens (tertiary/aromatic N) is 3. The van der Waals surface area contributed by atoms with E-state index in [1.165, 1.54) is 12.1 Å². The monoisotopic (exact) mass is 667 g/mol. The first-order chi connectivity index (χ1) is 23.2. The van der Waals surface area contributed by atoms with Crippen LogP contribution in [-0.4, -0.2) is 55.7 Å². The number of carboxylic acid groups (broad SMARTS) is 1. The second-order valence-electron chi connectivity index (χ2n) is 12.6. The molecule has 2 heterocycles. The number of carbonyl (C=O) groups excluding carboxylic acids is 1. The van der Waals surface area contributed by atoms with E-state index in [1.54, 1.807) is 47.4 Å². The molecule has 7 rings (SSSR count). The van der Waals surface area contributed by atoms with Crippen LogP contribution >= 0.6 is 11.6 Å². The third-order valence-corrected chi connectivity index (χ3v) is 9.71. The van der Waals surface area contributed by atoms with Gasteiger partial charge in [0.15, 0.2) is 0 Å². The van der Waals surface area contributed by atoms with E-state index >= 15 is 4.39 Å². The maximum Gasteiger partial charge on any atom is 0.335 e. The number of likely N-dealkylation sites (tertiary alicyclic amines) is 1. The Balaban J connectivity index is 1.19. The molecule has 5 aromatic rings. The summed E-state index contributed by atoms with van der Waals surface area (Å²) in [5.41, 5.74) is 4.77. The van der Waals surface area contributed by atoms with Crippen molar-refractivity contribution in [1.82, 2.24) is 14.5 Å². The second-order valence-corrected chi connectivity index (χ2v) is 13.0. The molecule has 2 fully saturated rings. The van der Waals surface area contributed by atoms with Crippen molar-refractivity contribution in [2.45, 2.75) is 57.3 Å². The zero-order valence-corrected chi connectivity index (χ0v) is 27.0. The summed E-state index contributed by atoms with van der Waals surface area (Å²) in [7, 11) is 0. The summed E-state index contributed by atoms with van der Waals surface area (Å²) >= 11 is 6.15. The average molecular weight is 668 g/mol. The molecule has 2 N–H and O–H groups in total. The second kappa shape index (κ2) is 13.4. The summed E-state index contributed by atoms with van der Waals surface area (Å²) in [5, 5.41) is 20.0. The highest BCUT2D eigenvalue weighted by atomic mass is 35.5. The van der Waals surface area contributed by atoms with Gasteiger partial charge in [-0.1, -0.05) is 42.6 Å². The number of hydrogen-bond donors (Lipinski definition) is 2. The number of aliphatic hydroxyl groups excluding tert-OH is 1. The Hall–Kier alpha value is -4.73. The molecular weight excluding hydrogens is 633 g/mol. The third-order valence-electron chi connectivity index (χ3n) is 9.46. The smallest absolute Gasteiger partial charge is 0.335 e. The summed E-state index contributed by atoms with van der Waals surface area (Å²) in [6.07, 6.45) is 4.73. The Bertz CT molecular complexity index is 2000. The van der Waals surface area contributed by atoms with Gasteiger partial charge in [0.2, 0.25) is 0 Å². The largest absolute Gasteiger partial charge is 0.489 e. The lowest BCUT2D eigenvalue weighted by atomic mass is 9.97. The van der Waals surface area contributed by atoms with Crippen molar-refractivity contribution in [3.8, 4) is 28.3 Å². The zero-order chi connectivity index (χ0) is 33.4. The van der Waals surface area contributed by atoms with E-state index in [4.69, 9.17) is 21.3 Å². The molecule has 1 aliphatic carbocycles. The number of rotatable bonds is 8. The van der Waals surface area contributed by atoms with Crippen LogP contribution in [-0.2, 0) is 6.61 Å². The first kappa shape index (κ1) is 31.8. The molecular formula is C38H35ClFN3O5. The number of carboxylic acids is 1. The van der Waals surface area contributed by atoms with Gasteiger partial charge in [-0.25, -0.2) is 14.2 Å². The van der Waals surface area contributed by atoms with Crippen LogP contribution in [0.25, 0.3) is 33.5 Å². The highest BCUT2D eigenvalue weighted by Gasteiger charge is 2.26. The van der Waals surface area contributed by atoms with Crippen molar-refractivity contribution >= 4 is 34.5 Å². The van der Waals surface area contributed by atoms with Crippen molar-refractivity contribution < 1.29 is 28.9 Å². The molecule has 0 radical (unpaired) electrons. The number of hydrogen-bond acceptors (Lipinski definition) is 5. The van der Waals surface area contributed by atoms with Crippen LogP contribution in [0.4, 0.5) is 4.39 Å². The standard InChI is InChI=1S/C38H35ClFN3O5/c39-27-9-5-23(6-10-27)31-12-7-24(37(45)42-17-15-29(44)16-18-42)19-26(31)22-48-30-11-13-32(33(40)21-30)36-41-34-20-25(38(46)47)8-14-35(34)43(36)28-3-1-2-4-28/h5-14,19-21,28-29,44H,1-4,15-18,22H2,(H,46,47). The number of aromatic nitrogens is 2. The molecule has 1 aromatic heterocycles. The fourth-order valence-corrected chi connectivity index (χ4v) is 7.02. The lowest BCUT2D eigenvalue weighted by molar-refractivity contribution is 0.0545. The van der Waals surface area contributed by atoms with Crippen LogP contribution in [0.1, 0.15) is 70.8 Å². The Morgan fingerprint density at radius 2 is 1.58 bits per heavy atom. The van der Waals surface area contributed by atoms with Crippen molar-refractivity contribution in [2.24, 2.45) is 0 Å². The van der Waals surface area contributed by atoms with E-state index in [-0.39, 0.29) is 30.2 Å². The molecule has 2 aliphatic rings. The molecule has 1 saturated heterocycles. The average Bonchev–Trinajstić information content (AvgIpc) is 3.75. The van der Waals surface area contributed by atoms with Gasteiger partial charge < -0.3 is 24.4 Å². The summed E-state index contributed by atoms with van der Waals surface area (Å²) < 4.78 is 24.2. The summed E-state index contributed by atoms with van der Waals surface area (Å²) in [6, 6.07) is 22.6. The van der Waals surface area contributed by atoms with Crippen LogP contribution in [0.15, 0.2) is 78.9 Å². The van der Waals surface area contributed by atoms with Crippen LogP contribution in [0.3, 0.4) is 0 Å². The Labute approximate surface area is 282 Å². The van der Waals surface area contributed by atoms with E-state index < -0.39 is 11.8 Å². The van der Waals surface area contributed by atoms with E-state index in [9.17, 15) is 19.8 Å². The number of imidazole rings is 1. The summed E-state index contributed by atoms with van der Waals surface area (Å²) in [6.45, 7) is 1.06. The number of aliphatic hydroxyl groups is 1. The Morgan fingerprint density at radius 3 is 2.29 bits per heavy atom. The predicted molar refractivity (Wildman–Crippen MR) is 182 cm³/mol. The van der Waals surface area contributed by atoms with Gasteiger partial charge in [-0.3, -0.25) is 4.79 Å². The van der Waals surface area contributed by atoms with Gasteiger partial charge in [0.25, 0.3) is 5.91 Å². The van der Waals surface area contributed by atoms with Crippen molar-refractivity contribution in [3.05, 3.63) is 106 Å². The number of halogens is 2. The molecule has 0 bridgehead atoms. The van der Waals surface area contributed by atoms with E-state index in [0.29, 0.717) is 59.2 Å². The van der Waals surface area contributed by atoms with Gasteiger partial charge >= 0.3 is 5.97 Å². The number of carbonyl (C=O) groups is 2. The predicted octanol–water partition coefficient (Wildman–Crippen LogP) is 8.15. The van der Waals surface area contributed by atoms with Crippen LogP contribution in [0, 0.1) is 5.82 Å². The molecule has 1 amide bonds. The third kappa shape index (κ3) is 6.40. The van der Waals surface area contributed by atoms with Crippen molar-refractivity contribution in [3.63, 3.8) is 0 Å². The lowest BCUT2D eigenvalue weighted by Crippen LogP contribution is -2.40. The molecule has 246 valence electrons. The van der Waals surface area contributed by atoms with E-state index in [1.807, 2.05) is 24.3 Å².